The Hall–Kier alpha value is -2.89. The van der Waals surface area contributed by atoms with Crippen LogP contribution in [0.2, 0.25) is 0 Å². The molecule has 30 heavy (non-hydrogen) atoms. The van der Waals surface area contributed by atoms with Crippen molar-refractivity contribution in [3.05, 3.63) is 47.2 Å². The van der Waals surface area contributed by atoms with Gasteiger partial charge in [-0.1, -0.05) is 40.2 Å². The molecule has 0 saturated carbocycles. The number of nitrogens with two attached hydrogens (primary N) is 2. The zero-order valence-electron chi connectivity index (χ0n) is 19.4. The highest BCUT2D eigenvalue weighted by Gasteiger charge is 2.17. The molecule has 0 atom stereocenters. The number of carbonyl (C=O) groups is 1. The number of amides is 1. The lowest BCUT2D eigenvalue weighted by atomic mass is 9.91. The van der Waals surface area contributed by atoms with Crippen molar-refractivity contribution in [2.24, 2.45) is 21.9 Å². The molecule has 0 unspecified atom stereocenters. The lowest BCUT2D eigenvalue weighted by Crippen LogP contribution is -2.25. The van der Waals surface area contributed by atoms with Gasteiger partial charge in [0, 0.05) is 29.8 Å². The summed E-state index contributed by atoms with van der Waals surface area (Å²) < 4.78 is 5.39. The third kappa shape index (κ3) is 7.50. The molecule has 1 heterocycles. The molecule has 0 radical (unpaired) electrons. The zero-order chi connectivity index (χ0) is 22.9. The number of ether oxygens (including phenoxy) is 1. The SMILES string of the molecule is CCCC(C)(C)C.CCOc1ccc2cc(C(=NC)/C(C(N)=O)=C(\C)N)ccc2n1. The molecule has 4 N–H and O–H groups in total. The van der Waals surface area contributed by atoms with Crippen molar-refractivity contribution in [2.75, 3.05) is 13.7 Å². The second-order valence-corrected chi connectivity index (χ2v) is 8.30. The summed E-state index contributed by atoms with van der Waals surface area (Å²) in [7, 11) is 1.60. The number of aliphatic imine (C=N–C) groups is 1. The smallest absolute Gasteiger partial charge is 0.252 e. The molecule has 1 amide bonds. The molecule has 0 bridgehead atoms. The van der Waals surface area contributed by atoms with Gasteiger partial charge in [0.1, 0.15) is 0 Å². The topological polar surface area (TPSA) is 104 Å². The van der Waals surface area contributed by atoms with Gasteiger partial charge in [-0.25, -0.2) is 4.98 Å². The lowest BCUT2D eigenvalue weighted by Gasteiger charge is -2.15. The Morgan fingerprint density at radius 3 is 2.23 bits per heavy atom. The number of nitrogens with zero attached hydrogens (tertiary/aromatic N) is 2. The Labute approximate surface area is 180 Å². The third-order valence-electron chi connectivity index (χ3n) is 4.33. The monoisotopic (exact) mass is 412 g/mol. The first-order valence-electron chi connectivity index (χ1n) is 10.3. The molecule has 164 valence electrons. The average Bonchev–Trinajstić information content (AvgIpc) is 2.64. The highest BCUT2D eigenvalue weighted by molar-refractivity contribution is 6.28. The van der Waals surface area contributed by atoms with Gasteiger partial charge in [0.2, 0.25) is 5.88 Å². The van der Waals surface area contributed by atoms with Crippen LogP contribution in [0, 0.1) is 5.41 Å². The van der Waals surface area contributed by atoms with Crippen LogP contribution in [-0.2, 0) is 4.79 Å². The molecule has 0 aliphatic rings. The average molecular weight is 413 g/mol. The van der Waals surface area contributed by atoms with Crippen LogP contribution in [0.5, 0.6) is 5.88 Å². The first-order chi connectivity index (χ1) is 14.0. The number of aromatic nitrogens is 1. The molecule has 0 saturated heterocycles. The quantitative estimate of drug-likeness (QED) is 0.534. The van der Waals surface area contributed by atoms with Crippen LogP contribution in [0.15, 0.2) is 46.6 Å². The first-order valence-corrected chi connectivity index (χ1v) is 10.3. The van der Waals surface area contributed by atoms with Crippen LogP contribution < -0.4 is 16.2 Å². The fraction of sp³-hybridized carbons (Fsp3) is 0.458. The molecule has 0 spiro atoms. The fourth-order valence-corrected chi connectivity index (χ4v) is 3.12. The largest absolute Gasteiger partial charge is 0.478 e. The summed E-state index contributed by atoms with van der Waals surface area (Å²) >= 11 is 0. The van der Waals surface area contributed by atoms with E-state index in [9.17, 15) is 4.79 Å². The first kappa shape index (κ1) is 25.1. The van der Waals surface area contributed by atoms with Gasteiger partial charge in [0.25, 0.3) is 5.91 Å². The minimum atomic E-state index is -0.601. The van der Waals surface area contributed by atoms with Crippen molar-refractivity contribution < 1.29 is 9.53 Å². The molecule has 0 fully saturated rings. The Balaban J connectivity index is 0.000000553. The summed E-state index contributed by atoms with van der Waals surface area (Å²) in [4.78, 5) is 20.3. The number of pyridine rings is 1. The molecule has 6 heteroatoms. The van der Waals surface area contributed by atoms with Crippen molar-refractivity contribution in [2.45, 2.75) is 54.4 Å². The zero-order valence-corrected chi connectivity index (χ0v) is 19.4. The van der Waals surface area contributed by atoms with E-state index < -0.39 is 5.91 Å². The van der Waals surface area contributed by atoms with Gasteiger partial charge in [0.05, 0.1) is 23.4 Å². The number of carbonyl (C=O) groups excluding carboxylic acids is 1. The van der Waals surface area contributed by atoms with E-state index in [0.717, 1.165) is 16.5 Å². The normalized spacial score (nSPS) is 12.7. The Morgan fingerprint density at radius 1 is 1.13 bits per heavy atom. The Bertz CT molecular complexity index is 920. The van der Waals surface area contributed by atoms with E-state index in [4.69, 9.17) is 16.2 Å². The number of benzene rings is 1. The minimum Gasteiger partial charge on any atom is -0.478 e. The maximum absolute atomic E-state index is 11.7. The Kier molecular flexibility index (Phi) is 9.50. The lowest BCUT2D eigenvalue weighted by molar-refractivity contribution is -0.114. The van der Waals surface area contributed by atoms with E-state index in [2.05, 4.69) is 37.7 Å². The summed E-state index contributed by atoms with van der Waals surface area (Å²) in [5.74, 6) is -0.0248. The van der Waals surface area contributed by atoms with E-state index in [0.29, 0.717) is 29.3 Å². The number of primary amides is 1. The van der Waals surface area contributed by atoms with Crippen molar-refractivity contribution in [1.82, 2.24) is 4.98 Å². The third-order valence-corrected chi connectivity index (χ3v) is 4.33. The summed E-state index contributed by atoms with van der Waals surface area (Å²) in [5, 5.41) is 0.908. The second-order valence-electron chi connectivity index (χ2n) is 8.30. The van der Waals surface area contributed by atoms with Gasteiger partial charge in [-0.05, 0) is 43.9 Å². The molecule has 2 aromatic rings. The fourth-order valence-electron chi connectivity index (χ4n) is 3.12. The van der Waals surface area contributed by atoms with Gasteiger partial charge < -0.3 is 16.2 Å². The number of hydrogen-bond donors (Lipinski definition) is 2. The van der Waals surface area contributed by atoms with E-state index in [1.54, 1.807) is 20.0 Å². The summed E-state index contributed by atoms with van der Waals surface area (Å²) in [6, 6.07) is 9.29. The molecular weight excluding hydrogens is 376 g/mol. The maximum Gasteiger partial charge on any atom is 0.252 e. The van der Waals surface area contributed by atoms with Gasteiger partial charge in [-0.3, -0.25) is 9.79 Å². The number of rotatable bonds is 6. The van der Waals surface area contributed by atoms with Crippen LogP contribution in [-0.4, -0.2) is 30.3 Å². The van der Waals surface area contributed by atoms with Crippen LogP contribution >= 0.6 is 0 Å². The highest BCUT2D eigenvalue weighted by Crippen LogP contribution is 2.21. The standard InChI is InChI=1S/C17H20N4O2.C7H16/c1-4-23-14-8-6-11-9-12(5-7-13(11)21-14)16(20-3)15(10(2)18)17(19)22;1-5-6-7(2,3)4/h5-9H,4,18H2,1-3H3,(H2,19,22);5-6H2,1-4H3/b15-10-,20-16?;. The van der Waals surface area contributed by atoms with E-state index in [1.165, 1.54) is 12.8 Å². The molecule has 0 aliphatic carbocycles. The summed E-state index contributed by atoms with van der Waals surface area (Å²) in [6.07, 6.45) is 2.65. The van der Waals surface area contributed by atoms with Crippen molar-refractivity contribution in [3.63, 3.8) is 0 Å². The van der Waals surface area contributed by atoms with E-state index >= 15 is 0 Å². The molecule has 2 rings (SSSR count). The predicted molar refractivity (Wildman–Crippen MR) is 126 cm³/mol. The molecule has 1 aromatic heterocycles. The Morgan fingerprint density at radius 2 is 1.80 bits per heavy atom. The van der Waals surface area contributed by atoms with Crippen molar-refractivity contribution in [1.29, 1.82) is 0 Å². The molecule has 0 aliphatic heterocycles. The number of allylic oxidation sites excluding steroid dienone is 1. The number of fused-ring (bicyclic) bond motifs is 1. The molecule has 6 nitrogen and oxygen atoms in total. The summed E-state index contributed by atoms with van der Waals surface area (Å²) in [5.41, 5.74) is 14.3. The maximum atomic E-state index is 11.7. The minimum absolute atomic E-state index is 0.228. The van der Waals surface area contributed by atoms with Crippen LogP contribution in [0.3, 0.4) is 0 Å². The molecule has 1 aromatic carbocycles. The van der Waals surface area contributed by atoms with Crippen molar-refractivity contribution >= 4 is 22.5 Å². The highest BCUT2D eigenvalue weighted by atomic mass is 16.5. The van der Waals surface area contributed by atoms with Crippen molar-refractivity contribution in [3.8, 4) is 5.88 Å². The number of hydrogen-bond acceptors (Lipinski definition) is 5. The summed E-state index contributed by atoms with van der Waals surface area (Å²) in [6.45, 7) is 13.1. The van der Waals surface area contributed by atoms with Gasteiger partial charge in [-0.15, -0.1) is 0 Å². The van der Waals surface area contributed by atoms with Gasteiger partial charge in [-0.2, -0.15) is 0 Å². The van der Waals surface area contributed by atoms with Gasteiger partial charge >= 0.3 is 0 Å². The van der Waals surface area contributed by atoms with Crippen LogP contribution in [0.25, 0.3) is 10.9 Å². The van der Waals surface area contributed by atoms with E-state index in [1.807, 2.05) is 31.2 Å². The van der Waals surface area contributed by atoms with Gasteiger partial charge in [0.15, 0.2) is 0 Å². The van der Waals surface area contributed by atoms with Crippen LogP contribution in [0.4, 0.5) is 0 Å². The second kappa shape index (κ2) is 11.3. The van der Waals surface area contributed by atoms with E-state index in [-0.39, 0.29) is 5.57 Å². The molecular formula is C24H36N4O2. The van der Waals surface area contributed by atoms with Crippen LogP contribution in [0.1, 0.15) is 59.9 Å². The predicted octanol–water partition coefficient (Wildman–Crippen LogP) is 4.60.